The van der Waals surface area contributed by atoms with Gasteiger partial charge in [0.15, 0.2) is 0 Å². The van der Waals surface area contributed by atoms with Gasteiger partial charge < -0.3 is 14.0 Å². The van der Waals surface area contributed by atoms with Gasteiger partial charge in [-0.05, 0) is 62.6 Å². The highest BCUT2D eigenvalue weighted by molar-refractivity contribution is 7.85. The summed E-state index contributed by atoms with van der Waals surface area (Å²) in [6.45, 7) is 1.12. The summed E-state index contributed by atoms with van der Waals surface area (Å²) in [5.41, 5.74) is -1.93. The topological polar surface area (TPSA) is 92.7 Å². The molecule has 6 nitrogen and oxygen atoms in total. The van der Waals surface area contributed by atoms with Crippen LogP contribution in [0.4, 0.5) is 13.2 Å². The molecule has 0 aliphatic heterocycles. The number of rotatable bonds is 6. The number of carbonyl (C=O) groups excluding carboxylic acids is 1. The Bertz CT molecular complexity index is 867. The minimum Gasteiger partial charge on any atom is -0.748 e. The minimum absolute atomic E-state index is 0.163. The minimum atomic E-state index is -4.66. The van der Waals surface area contributed by atoms with E-state index in [9.17, 15) is 30.9 Å². The van der Waals surface area contributed by atoms with Crippen LogP contribution in [0, 0.1) is 11.8 Å². The van der Waals surface area contributed by atoms with Crippen LogP contribution in [0.5, 0.6) is 5.75 Å². The molecule has 2 bridgehead atoms. The van der Waals surface area contributed by atoms with Crippen molar-refractivity contribution in [3.8, 4) is 5.75 Å². The van der Waals surface area contributed by atoms with Crippen LogP contribution in [0.1, 0.15) is 48.5 Å². The molecule has 2 aliphatic rings. The van der Waals surface area contributed by atoms with Gasteiger partial charge in [-0.3, -0.25) is 0 Å². The van der Waals surface area contributed by atoms with Crippen molar-refractivity contribution in [1.82, 2.24) is 0 Å². The van der Waals surface area contributed by atoms with E-state index >= 15 is 0 Å². The molecule has 0 spiro atoms. The van der Waals surface area contributed by atoms with E-state index in [1.807, 2.05) is 0 Å². The van der Waals surface area contributed by atoms with Crippen molar-refractivity contribution in [3.63, 3.8) is 0 Å². The second-order valence-electron chi connectivity index (χ2n) is 7.60. The molecule has 28 heavy (non-hydrogen) atoms. The van der Waals surface area contributed by atoms with E-state index in [2.05, 4.69) is 4.74 Å². The van der Waals surface area contributed by atoms with Crippen LogP contribution >= 0.6 is 0 Å². The largest absolute Gasteiger partial charge is 0.748 e. The Kier molecular flexibility index (Phi) is 5.39. The van der Waals surface area contributed by atoms with Gasteiger partial charge in [-0.15, -0.1) is 0 Å². The van der Waals surface area contributed by atoms with Gasteiger partial charge in [0, 0.05) is 0 Å². The number of benzene rings is 1. The fourth-order valence-electron chi connectivity index (χ4n) is 4.22. The number of hydrogen-bond donors (Lipinski definition) is 0. The van der Waals surface area contributed by atoms with Crippen molar-refractivity contribution in [1.29, 1.82) is 0 Å². The van der Waals surface area contributed by atoms with Gasteiger partial charge in [0.05, 0.1) is 27.0 Å². The number of esters is 1. The van der Waals surface area contributed by atoms with Crippen molar-refractivity contribution in [2.75, 3.05) is 12.4 Å². The van der Waals surface area contributed by atoms with E-state index in [-0.39, 0.29) is 11.5 Å². The highest BCUT2D eigenvalue weighted by atomic mass is 32.2. The highest BCUT2D eigenvalue weighted by Gasteiger charge is 2.50. The standard InChI is InChI=1S/C18H21F3O6S/c1-17(10-11-2-4-13(17)8-11)27-15-9-12(3-5-14(15)18(19,20)21)16(22)26-6-7-28(23,24)25/h3,5,9,11,13H,2,4,6-8,10H2,1H3,(H,23,24,25)/p-1. The molecule has 0 saturated heterocycles. The van der Waals surface area contributed by atoms with Gasteiger partial charge in [0.1, 0.15) is 18.0 Å². The van der Waals surface area contributed by atoms with Crippen LogP contribution in [0.3, 0.4) is 0 Å². The zero-order valence-corrected chi connectivity index (χ0v) is 15.9. The molecule has 2 fully saturated rings. The Morgan fingerprint density at radius 2 is 2.04 bits per heavy atom. The van der Waals surface area contributed by atoms with Gasteiger partial charge in [0.2, 0.25) is 0 Å². The molecule has 10 heteroatoms. The normalized spacial score (nSPS) is 27.0. The Morgan fingerprint density at radius 1 is 1.32 bits per heavy atom. The fraction of sp³-hybridized carbons (Fsp3) is 0.611. The van der Waals surface area contributed by atoms with Crippen LogP contribution in [-0.4, -0.2) is 36.9 Å². The second kappa shape index (κ2) is 7.22. The third-order valence-corrected chi connectivity index (χ3v) is 6.20. The zero-order chi connectivity index (χ0) is 20.7. The predicted octanol–water partition coefficient (Wildman–Crippen LogP) is 3.36. The van der Waals surface area contributed by atoms with Gasteiger partial charge in [-0.2, -0.15) is 13.2 Å². The van der Waals surface area contributed by atoms with E-state index in [1.54, 1.807) is 6.92 Å². The SMILES string of the molecule is CC1(Oc2cc(C(=O)OCCS(=O)(=O)[O-])ccc2C(F)(F)F)CC2CCC1C2. The van der Waals surface area contributed by atoms with Crippen LogP contribution in [0.15, 0.2) is 18.2 Å². The molecule has 156 valence electrons. The molecular weight excluding hydrogens is 401 g/mol. The van der Waals surface area contributed by atoms with Crippen molar-refractivity contribution < 1.29 is 40.4 Å². The molecule has 0 heterocycles. The number of fused-ring (bicyclic) bond motifs is 2. The van der Waals surface area contributed by atoms with Crippen LogP contribution in [-0.2, 0) is 21.0 Å². The summed E-state index contributed by atoms with van der Waals surface area (Å²) >= 11 is 0. The second-order valence-corrected chi connectivity index (χ2v) is 9.12. The van der Waals surface area contributed by atoms with Crippen molar-refractivity contribution in [2.24, 2.45) is 11.8 Å². The Morgan fingerprint density at radius 3 is 2.57 bits per heavy atom. The average molecular weight is 421 g/mol. The first-order chi connectivity index (χ1) is 12.9. The maximum atomic E-state index is 13.4. The predicted molar refractivity (Wildman–Crippen MR) is 90.8 cm³/mol. The lowest BCUT2D eigenvalue weighted by Gasteiger charge is -2.35. The Hall–Kier alpha value is -1.81. The first-order valence-corrected chi connectivity index (χ1v) is 10.5. The average Bonchev–Trinajstić information content (AvgIpc) is 3.12. The quantitative estimate of drug-likeness (QED) is 0.517. The zero-order valence-electron chi connectivity index (χ0n) is 15.1. The first-order valence-electron chi connectivity index (χ1n) is 8.88. The summed E-state index contributed by atoms with van der Waals surface area (Å²) in [6, 6.07) is 2.65. The van der Waals surface area contributed by atoms with E-state index in [1.165, 1.54) is 0 Å². The molecule has 2 aliphatic carbocycles. The van der Waals surface area contributed by atoms with E-state index < -0.39 is 51.5 Å². The molecule has 0 amide bonds. The van der Waals surface area contributed by atoms with Crippen molar-refractivity contribution in [2.45, 2.75) is 44.4 Å². The lowest BCUT2D eigenvalue weighted by Crippen LogP contribution is -2.38. The van der Waals surface area contributed by atoms with E-state index in [0.717, 1.165) is 37.5 Å². The summed E-state index contributed by atoms with van der Waals surface area (Å²) in [6.07, 6.45) is -1.14. The third kappa shape index (κ3) is 4.60. The van der Waals surface area contributed by atoms with Gasteiger partial charge >= 0.3 is 12.1 Å². The van der Waals surface area contributed by atoms with Gasteiger partial charge in [-0.25, -0.2) is 13.2 Å². The molecule has 1 aromatic carbocycles. The molecule has 3 atom stereocenters. The van der Waals surface area contributed by atoms with Gasteiger partial charge in [0.25, 0.3) is 0 Å². The molecule has 1 aromatic rings. The van der Waals surface area contributed by atoms with Crippen LogP contribution < -0.4 is 4.74 Å². The fourth-order valence-corrected chi connectivity index (χ4v) is 4.51. The summed E-state index contributed by atoms with van der Waals surface area (Å²) in [5.74, 6) is -1.79. The maximum absolute atomic E-state index is 13.4. The number of alkyl halides is 3. The molecule has 3 unspecified atom stereocenters. The maximum Gasteiger partial charge on any atom is 0.419 e. The number of hydrogen-bond acceptors (Lipinski definition) is 6. The summed E-state index contributed by atoms with van der Waals surface area (Å²) in [7, 11) is -4.57. The molecule has 3 rings (SSSR count). The van der Waals surface area contributed by atoms with Crippen LogP contribution in [0.25, 0.3) is 0 Å². The monoisotopic (exact) mass is 421 g/mol. The van der Waals surface area contributed by atoms with E-state index in [0.29, 0.717) is 12.3 Å². The van der Waals surface area contributed by atoms with Crippen LogP contribution in [0.2, 0.25) is 0 Å². The third-order valence-electron chi connectivity index (χ3n) is 5.53. The van der Waals surface area contributed by atoms with Crippen molar-refractivity contribution >= 4 is 16.1 Å². The lowest BCUT2D eigenvalue weighted by molar-refractivity contribution is -0.140. The Labute approximate surface area is 160 Å². The molecule has 2 saturated carbocycles. The molecule has 0 N–H and O–H groups in total. The van der Waals surface area contributed by atoms with E-state index in [4.69, 9.17) is 4.74 Å². The lowest BCUT2D eigenvalue weighted by atomic mass is 9.85. The number of ether oxygens (including phenoxy) is 2. The first kappa shape index (κ1) is 20.9. The molecular formula is C18H20F3O6S-. The smallest absolute Gasteiger partial charge is 0.419 e. The van der Waals surface area contributed by atoms with Crippen molar-refractivity contribution in [3.05, 3.63) is 29.3 Å². The summed E-state index contributed by atoms with van der Waals surface area (Å²) < 4.78 is 82.4. The Balaban J connectivity index is 1.82. The summed E-state index contributed by atoms with van der Waals surface area (Å²) in [5, 5.41) is 0. The molecule has 0 radical (unpaired) electrons. The number of carbonyl (C=O) groups is 1. The van der Waals surface area contributed by atoms with Gasteiger partial charge in [-0.1, -0.05) is 0 Å². The number of halogens is 3. The molecule has 0 aromatic heterocycles. The summed E-state index contributed by atoms with van der Waals surface area (Å²) in [4.78, 5) is 12.0. The highest BCUT2D eigenvalue weighted by Crippen LogP contribution is 2.53.